The van der Waals surface area contributed by atoms with Gasteiger partial charge >= 0.3 is 0 Å². The Morgan fingerprint density at radius 1 is 1.30 bits per heavy atom. The molecule has 1 aliphatic heterocycles. The Morgan fingerprint density at radius 3 is 2.50 bits per heavy atom. The van der Waals surface area contributed by atoms with Crippen LogP contribution < -0.4 is 0 Å². The van der Waals surface area contributed by atoms with Crippen molar-refractivity contribution in [3.05, 3.63) is 35.4 Å². The zero-order valence-electron chi connectivity index (χ0n) is 13.1. The number of ether oxygens (including phenoxy) is 1. The van der Waals surface area contributed by atoms with Gasteiger partial charge in [-0.3, -0.25) is 4.90 Å². The van der Waals surface area contributed by atoms with Crippen LogP contribution in [0.2, 0.25) is 0 Å². The standard InChI is InChI=1S/C17H27NO2/c1-13-12-20-10-9-18(13)11-16(19)14-5-7-15(8-6-14)17(2,3)4/h5-8,13,16,19H,9-12H2,1-4H3. The summed E-state index contributed by atoms with van der Waals surface area (Å²) in [4.78, 5) is 2.30. The van der Waals surface area contributed by atoms with Crippen LogP contribution in [0, 0.1) is 0 Å². The van der Waals surface area contributed by atoms with Gasteiger partial charge in [0.2, 0.25) is 0 Å². The second kappa shape index (κ2) is 6.25. The first kappa shape index (κ1) is 15.5. The molecule has 112 valence electrons. The minimum Gasteiger partial charge on any atom is -0.387 e. The molecule has 1 aromatic rings. The number of benzene rings is 1. The van der Waals surface area contributed by atoms with E-state index >= 15 is 0 Å². The molecule has 1 aliphatic rings. The summed E-state index contributed by atoms with van der Waals surface area (Å²) in [5, 5.41) is 10.4. The van der Waals surface area contributed by atoms with Gasteiger partial charge in [-0.1, -0.05) is 45.0 Å². The van der Waals surface area contributed by atoms with Crippen molar-refractivity contribution in [3.63, 3.8) is 0 Å². The van der Waals surface area contributed by atoms with Crippen molar-refractivity contribution in [2.45, 2.75) is 45.3 Å². The van der Waals surface area contributed by atoms with Crippen LogP contribution in [0.5, 0.6) is 0 Å². The lowest BCUT2D eigenvalue weighted by Crippen LogP contribution is -2.45. The Hall–Kier alpha value is -0.900. The van der Waals surface area contributed by atoms with E-state index in [0.29, 0.717) is 12.6 Å². The first-order valence-electron chi connectivity index (χ1n) is 7.48. The van der Waals surface area contributed by atoms with Crippen molar-refractivity contribution >= 4 is 0 Å². The fourth-order valence-corrected chi connectivity index (χ4v) is 2.57. The van der Waals surface area contributed by atoms with Crippen molar-refractivity contribution < 1.29 is 9.84 Å². The maximum absolute atomic E-state index is 10.4. The molecular weight excluding hydrogens is 250 g/mol. The summed E-state index contributed by atoms with van der Waals surface area (Å²) in [6.07, 6.45) is -0.426. The van der Waals surface area contributed by atoms with E-state index in [1.807, 2.05) is 0 Å². The number of hydrogen-bond acceptors (Lipinski definition) is 3. The lowest BCUT2D eigenvalue weighted by atomic mass is 9.86. The lowest BCUT2D eigenvalue weighted by molar-refractivity contribution is -0.0203. The van der Waals surface area contributed by atoms with Gasteiger partial charge in [-0.2, -0.15) is 0 Å². The molecule has 0 aliphatic carbocycles. The summed E-state index contributed by atoms with van der Waals surface area (Å²) in [6, 6.07) is 8.74. The maximum Gasteiger partial charge on any atom is 0.0917 e. The summed E-state index contributed by atoms with van der Waals surface area (Å²) < 4.78 is 5.43. The SMILES string of the molecule is CC1COCCN1CC(O)c1ccc(C(C)(C)C)cc1. The quantitative estimate of drug-likeness (QED) is 0.922. The number of hydrogen-bond donors (Lipinski definition) is 1. The van der Waals surface area contributed by atoms with E-state index < -0.39 is 6.10 Å². The number of aliphatic hydroxyl groups excluding tert-OH is 1. The van der Waals surface area contributed by atoms with Gasteiger partial charge in [-0.25, -0.2) is 0 Å². The number of nitrogens with zero attached hydrogens (tertiary/aromatic N) is 1. The summed E-state index contributed by atoms with van der Waals surface area (Å²) in [5.74, 6) is 0. The Kier molecular flexibility index (Phi) is 4.84. The second-order valence-electron chi connectivity index (χ2n) is 6.81. The summed E-state index contributed by atoms with van der Waals surface area (Å²) in [5.41, 5.74) is 2.45. The average molecular weight is 277 g/mol. The molecule has 20 heavy (non-hydrogen) atoms. The molecule has 0 saturated carbocycles. The van der Waals surface area contributed by atoms with Gasteiger partial charge in [0.15, 0.2) is 0 Å². The van der Waals surface area contributed by atoms with E-state index in [0.717, 1.165) is 25.3 Å². The predicted octanol–water partition coefficient (Wildman–Crippen LogP) is 2.74. The molecule has 0 spiro atoms. The molecule has 2 atom stereocenters. The molecule has 3 heteroatoms. The van der Waals surface area contributed by atoms with Crippen molar-refractivity contribution in [3.8, 4) is 0 Å². The summed E-state index contributed by atoms with van der Waals surface area (Å²) >= 11 is 0. The van der Waals surface area contributed by atoms with E-state index in [9.17, 15) is 5.11 Å². The molecule has 0 radical (unpaired) electrons. The minimum atomic E-state index is -0.426. The second-order valence-corrected chi connectivity index (χ2v) is 6.81. The molecule has 0 amide bonds. The van der Waals surface area contributed by atoms with Gasteiger partial charge in [-0.05, 0) is 23.5 Å². The van der Waals surface area contributed by atoms with Gasteiger partial charge < -0.3 is 9.84 Å². The van der Waals surface area contributed by atoms with Gasteiger partial charge in [0, 0.05) is 19.1 Å². The molecule has 0 aromatic heterocycles. The van der Waals surface area contributed by atoms with E-state index in [-0.39, 0.29) is 5.41 Å². The maximum atomic E-state index is 10.4. The number of β-amino-alcohol motifs (C(OH)–C–C–N with tert-alkyl or cyclic N) is 1. The largest absolute Gasteiger partial charge is 0.387 e. The van der Waals surface area contributed by atoms with Crippen LogP contribution in [0.3, 0.4) is 0 Å². The van der Waals surface area contributed by atoms with Gasteiger partial charge in [0.1, 0.15) is 0 Å². The zero-order valence-corrected chi connectivity index (χ0v) is 13.1. The van der Waals surface area contributed by atoms with Crippen LogP contribution in [-0.2, 0) is 10.2 Å². The first-order chi connectivity index (χ1) is 9.38. The van der Waals surface area contributed by atoms with Crippen LogP contribution in [-0.4, -0.2) is 42.4 Å². The van der Waals surface area contributed by atoms with Crippen LogP contribution in [0.4, 0.5) is 0 Å². The van der Waals surface area contributed by atoms with Crippen LogP contribution >= 0.6 is 0 Å². The highest BCUT2D eigenvalue weighted by atomic mass is 16.5. The molecule has 1 aromatic carbocycles. The molecule has 1 saturated heterocycles. The molecule has 3 nitrogen and oxygen atoms in total. The van der Waals surface area contributed by atoms with E-state index in [1.54, 1.807) is 0 Å². The van der Waals surface area contributed by atoms with Crippen LogP contribution in [0.25, 0.3) is 0 Å². The Balaban J connectivity index is 2.00. The smallest absolute Gasteiger partial charge is 0.0917 e. The van der Waals surface area contributed by atoms with Crippen LogP contribution in [0.15, 0.2) is 24.3 Å². The van der Waals surface area contributed by atoms with E-state index in [2.05, 4.69) is 56.9 Å². The highest BCUT2D eigenvalue weighted by Crippen LogP contribution is 2.24. The van der Waals surface area contributed by atoms with Crippen molar-refractivity contribution in [1.82, 2.24) is 4.90 Å². The van der Waals surface area contributed by atoms with Crippen LogP contribution in [0.1, 0.15) is 44.9 Å². The third-order valence-electron chi connectivity index (χ3n) is 4.07. The normalized spacial score (nSPS) is 22.8. The Labute approximate surface area is 122 Å². The summed E-state index contributed by atoms with van der Waals surface area (Å²) in [6.45, 7) is 11.9. The van der Waals surface area contributed by atoms with Crippen molar-refractivity contribution in [1.29, 1.82) is 0 Å². The molecule has 1 heterocycles. The molecule has 2 rings (SSSR count). The molecule has 1 N–H and O–H groups in total. The molecular formula is C17H27NO2. The van der Waals surface area contributed by atoms with Gasteiger partial charge in [-0.15, -0.1) is 0 Å². The molecule has 0 bridgehead atoms. The third kappa shape index (κ3) is 3.81. The predicted molar refractivity (Wildman–Crippen MR) is 82.0 cm³/mol. The highest BCUT2D eigenvalue weighted by Gasteiger charge is 2.22. The van der Waals surface area contributed by atoms with E-state index in [1.165, 1.54) is 5.56 Å². The van der Waals surface area contributed by atoms with Gasteiger partial charge in [0.05, 0.1) is 19.3 Å². The average Bonchev–Trinajstić information content (AvgIpc) is 2.40. The third-order valence-corrected chi connectivity index (χ3v) is 4.07. The topological polar surface area (TPSA) is 32.7 Å². The number of aliphatic hydroxyl groups is 1. The summed E-state index contributed by atoms with van der Waals surface area (Å²) in [7, 11) is 0. The number of morpholine rings is 1. The molecule has 1 fully saturated rings. The fourth-order valence-electron chi connectivity index (χ4n) is 2.57. The van der Waals surface area contributed by atoms with Gasteiger partial charge in [0.25, 0.3) is 0 Å². The van der Waals surface area contributed by atoms with Crippen molar-refractivity contribution in [2.24, 2.45) is 0 Å². The lowest BCUT2D eigenvalue weighted by Gasteiger charge is -2.34. The number of rotatable bonds is 3. The minimum absolute atomic E-state index is 0.155. The monoisotopic (exact) mass is 277 g/mol. The highest BCUT2D eigenvalue weighted by molar-refractivity contribution is 5.28. The van der Waals surface area contributed by atoms with Crippen molar-refractivity contribution in [2.75, 3.05) is 26.3 Å². The Morgan fingerprint density at radius 2 is 1.95 bits per heavy atom. The zero-order chi connectivity index (χ0) is 14.8. The fraction of sp³-hybridized carbons (Fsp3) is 0.647. The van der Waals surface area contributed by atoms with E-state index in [4.69, 9.17) is 4.74 Å². The first-order valence-corrected chi connectivity index (χ1v) is 7.48. The Bertz CT molecular complexity index is 422. The molecule has 2 unspecified atom stereocenters.